The highest BCUT2D eigenvalue weighted by Crippen LogP contribution is 2.35. The molecule has 3 unspecified atom stereocenters. The van der Waals surface area contributed by atoms with Crippen molar-refractivity contribution in [3.05, 3.63) is 29.8 Å². The first-order chi connectivity index (χ1) is 8.87. The fourth-order valence-corrected chi connectivity index (χ4v) is 4.98. The third kappa shape index (κ3) is 2.51. The van der Waals surface area contributed by atoms with E-state index in [1.807, 2.05) is 6.92 Å². The molecule has 1 saturated carbocycles. The molecule has 0 radical (unpaired) electrons. The zero-order valence-electron chi connectivity index (χ0n) is 10.9. The molecule has 3 nitrogen and oxygen atoms in total. The van der Waals surface area contributed by atoms with Crippen LogP contribution in [-0.4, -0.2) is 26.8 Å². The monoisotopic (exact) mass is 289 g/mol. The minimum Gasteiger partial charge on any atom is -0.317 e. The predicted molar refractivity (Wildman–Crippen MR) is 68.6 cm³/mol. The summed E-state index contributed by atoms with van der Waals surface area (Å²) in [6, 6.07) is 2.64. The van der Waals surface area contributed by atoms with Crippen molar-refractivity contribution in [3.8, 4) is 0 Å². The van der Waals surface area contributed by atoms with Crippen LogP contribution in [0.25, 0.3) is 0 Å². The molecule has 0 aromatic heterocycles. The molecule has 1 aromatic carbocycles. The summed E-state index contributed by atoms with van der Waals surface area (Å²) in [6.45, 7) is 1.83. The number of rotatable bonds is 3. The molecule has 1 aliphatic carbocycles. The lowest BCUT2D eigenvalue weighted by molar-refractivity contribution is 0.451. The van der Waals surface area contributed by atoms with Gasteiger partial charge in [-0.05, 0) is 44.0 Å². The van der Waals surface area contributed by atoms with Crippen molar-refractivity contribution in [3.63, 3.8) is 0 Å². The maximum Gasteiger partial charge on any atom is 0.184 e. The summed E-state index contributed by atoms with van der Waals surface area (Å²) in [6.07, 6.45) is 1.18. The van der Waals surface area contributed by atoms with Gasteiger partial charge in [0.2, 0.25) is 0 Å². The summed E-state index contributed by atoms with van der Waals surface area (Å²) in [5, 5.41) is 2.40. The fourth-order valence-electron chi connectivity index (χ4n) is 2.83. The maximum atomic E-state index is 13.7. The predicted octanol–water partition coefficient (Wildman–Crippen LogP) is 2.12. The van der Waals surface area contributed by atoms with E-state index in [0.29, 0.717) is 6.42 Å². The van der Waals surface area contributed by atoms with Crippen LogP contribution in [-0.2, 0) is 9.84 Å². The van der Waals surface area contributed by atoms with Gasteiger partial charge in [0.15, 0.2) is 9.84 Å². The number of halogens is 2. The van der Waals surface area contributed by atoms with E-state index in [1.54, 1.807) is 7.05 Å². The first-order valence-corrected chi connectivity index (χ1v) is 7.78. The third-order valence-electron chi connectivity index (χ3n) is 3.95. The van der Waals surface area contributed by atoms with E-state index in [4.69, 9.17) is 0 Å². The first kappa shape index (κ1) is 14.4. The molecule has 0 bridgehead atoms. The van der Waals surface area contributed by atoms with E-state index in [9.17, 15) is 17.2 Å². The Morgan fingerprint density at radius 1 is 1.26 bits per heavy atom. The smallest absolute Gasteiger partial charge is 0.184 e. The Hall–Kier alpha value is -1.01. The second-order valence-corrected chi connectivity index (χ2v) is 7.13. The summed E-state index contributed by atoms with van der Waals surface area (Å²) in [7, 11) is -2.06. The van der Waals surface area contributed by atoms with Crippen molar-refractivity contribution in [1.29, 1.82) is 0 Å². The quantitative estimate of drug-likeness (QED) is 0.927. The van der Waals surface area contributed by atoms with Crippen molar-refractivity contribution < 1.29 is 17.2 Å². The Morgan fingerprint density at radius 3 is 2.53 bits per heavy atom. The largest absolute Gasteiger partial charge is 0.317 e. The molecule has 1 fully saturated rings. The maximum absolute atomic E-state index is 13.7. The molecule has 0 spiro atoms. The molecule has 106 valence electrons. The first-order valence-electron chi connectivity index (χ1n) is 6.24. The normalized spacial score (nSPS) is 27.7. The van der Waals surface area contributed by atoms with Gasteiger partial charge in [0.1, 0.15) is 16.5 Å². The second-order valence-electron chi connectivity index (χ2n) is 4.99. The van der Waals surface area contributed by atoms with Crippen molar-refractivity contribution in [2.24, 2.45) is 5.92 Å². The van der Waals surface area contributed by atoms with Crippen LogP contribution >= 0.6 is 0 Å². The minimum absolute atomic E-state index is 0.0939. The number of benzene rings is 1. The van der Waals surface area contributed by atoms with Crippen molar-refractivity contribution in [2.75, 3.05) is 7.05 Å². The van der Waals surface area contributed by atoms with E-state index < -0.39 is 31.6 Å². The Kier molecular flexibility index (Phi) is 3.92. The number of sulfone groups is 1. The third-order valence-corrected chi connectivity index (χ3v) is 6.34. The highest BCUT2D eigenvalue weighted by atomic mass is 32.2. The summed E-state index contributed by atoms with van der Waals surface area (Å²) in [5.74, 6) is -1.75. The molecule has 1 aromatic rings. The van der Waals surface area contributed by atoms with Gasteiger partial charge < -0.3 is 5.32 Å². The number of hydrogen-bond acceptors (Lipinski definition) is 3. The van der Waals surface area contributed by atoms with Crippen LogP contribution in [0, 0.1) is 17.6 Å². The van der Waals surface area contributed by atoms with E-state index in [-0.39, 0.29) is 12.0 Å². The van der Waals surface area contributed by atoms with Gasteiger partial charge in [-0.1, -0.05) is 6.92 Å². The lowest BCUT2D eigenvalue weighted by atomic mass is 10.1. The lowest BCUT2D eigenvalue weighted by Gasteiger charge is -2.20. The Morgan fingerprint density at radius 2 is 1.95 bits per heavy atom. The number of hydrogen-bond donors (Lipinski definition) is 1. The highest BCUT2D eigenvalue weighted by Gasteiger charge is 2.42. The standard InChI is InChI=1S/C13H17F2NO2S/c1-8-11(16-2)5-6-12(8)19(17,18)13-7-9(14)3-4-10(13)15/h3-4,7-8,11-12,16H,5-6H2,1-2H3. The van der Waals surface area contributed by atoms with Crippen molar-refractivity contribution >= 4 is 9.84 Å². The topological polar surface area (TPSA) is 46.2 Å². The molecule has 2 rings (SSSR count). The van der Waals surface area contributed by atoms with Crippen molar-refractivity contribution in [2.45, 2.75) is 36.0 Å². The Bertz CT molecular complexity index is 574. The second kappa shape index (κ2) is 5.17. The summed E-state index contributed by atoms with van der Waals surface area (Å²) in [5.41, 5.74) is 0. The van der Waals surface area contributed by atoms with Gasteiger partial charge >= 0.3 is 0 Å². The van der Waals surface area contributed by atoms with Gasteiger partial charge in [-0.3, -0.25) is 0 Å². The van der Waals surface area contributed by atoms with Crippen LogP contribution in [0.2, 0.25) is 0 Å². The molecular weight excluding hydrogens is 272 g/mol. The van der Waals surface area contributed by atoms with E-state index in [1.165, 1.54) is 0 Å². The lowest BCUT2D eigenvalue weighted by Crippen LogP contribution is -2.34. The molecule has 19 heavy (non-hydrogen) atoms. The summed E-state index contributed by atoms with van der Waals surface area (Å²) >= 11 is 0. The molecular formula is C13H17F2NO2S. The Balaban J connectivity index is 2.41. The highest BCUT2D eigenvalue weighted by molar-refractivity contribution is 7.92. The van der Waals surface area contributed by atoms with Gasteiger partial charge in [-0.2, -0.15) is 0 Å². The minimum atomic E-state index is -3.84. The molecule has 0 saturated heterocycles. The average molecular weight is 289 g/mol. The molecule has 0 amide bonds. The van der Waals surface area contributed by atoms with Crippen molar-refractivity contribution in [1.82, 2.24) is 5.32 Å². The number of nitrogens with one attached hydrogen (secondary N) is 1. The summed E-state index contributed by atoms with van der Waals surface area (Å²) in [4.78, 5) is -0.527. The molecule has 0 heterocycles. The van der Waals surface area contributed by atoms with Crippen LogP contribution < -0.4 is 5.32 Å². The fraction of sp³-hybridized carbons (Fsp3) is 0.538. The van der Waals surface area contributed by atoms with Gasteiger partial charge in [-0.25, -0.2) is 17.2 Å². The zero-order valence-corrected chi connectivity index (χ0v) is 11.7. The SMILES string of the molecule is CNC1CCC(S(=O)(=O)c2cc(F)ccc2F)C1C. The van der Waals surface area contributed by atoms with Crippen LogP contribution in [0.1, 0.15) is 19.8 Å². The van der Waals surface area contributed by atoms with Gasteiger partial charge in [-0.15, -0.1) is 0 Å². The van der Waals surface area contributed by atoms with E-state index in [2.05, 4.69) is 5.32 Å². The van der Waals surface area contributed by atoms with Gasteiger partial charge in [0.25, 0.3) is 0 Å². The zero-order chi connectivity index (χ0) is 14.2. The van der Waals surface area contributed by atoms with E-state index in [0.717, 1.165) is 24.6 Å². The van der Waals surface area contributed by atoms with Crippen LogP contribution in [0.15, 0.2) is 23.1 Å². The van der Waals surface area contributed by atoms with Crippen LogP contribution in [0.4, 0.5) is 8.78 Å². The average Bonchev–Trinajstić information content (AvgIpc) is 2.74. The van der Waals surface area contributed by atoms with Gasteiger partial charge in [0.05, 0.1) is 5.25 Å². The van der Waals surface area contributed by atoms with E-state index >= 15 is 0 Å². The van der Waals surface area contributed by atoms with Gasteiger partial charge in [0, 0.05) is 6.04 Å². The molecule has 1 aliphatic rings. The van der Waals surface area contributed by atoms with Crippen LogP contribution in [0.5, 0.6) is 0 Å². The Labute approximate surface area is 111 Å². The molecule has 3 atom stereocenters. The molecule has 6 heteroatoms. The van der Waals surface area contributed by atoms with Crippen LogP contribution in [0.3, 0.4) is 0 Å². The molecule has 1 N–H and O–H groups in total. The summed E-state index contributed by atoms with van der Waals surface area (Å²) < 4.78 is 51.7. The molecule has 0 aliphatic heterocycles.